The first-order valence-electron chi connectivity index (χ1n) is 10.9. The molecule has 1 fully saturated rings. The van der Waals surface area contributed by atoms with Crippen LogP contribution in [-0.4, -0.2) is 40.5 Å². The molecule has 1 aromatic heterocycles. The van der Waals surface area contributed by atoms with Gasteiger partial charge in [0.05, 0.1) is 11.1 Å². The van der Waals surface area contributed by atoms with Crippen LogP contribution in [0, 0.1) is 0 Å². The Kier molecular flexibility index (Phi) is 5.84. The standard InChI is InChI=1S/C24H30N2O3/c1-16-9-8-10-17(2)26(16)22(27)15-29-24(28)23-18-11-4-3-5-13-20(18)25-21-14-7-6-12-19(21)23/h6-7,12,14,16-17H,3-5,8-11,13,15H2,1-2H3/t16-,17+. The Morgan fingerprint density at radius 2 is 1.76 bits per heavy atom. The van der Waals surface area contributed by atoms with E-state index in [-0.39, 0.29) is 24.6 Å². The molecule has 1 aliphatic heterocycles. The number of fused-ring (bicyclic) bond motifs is 2. The van der Waals surface area contributed by atoms with Crippen molar-refractivity contribution in [2.24, 2.45) is 0 Å². The molecule has 1 saturated heterocycles. The molecule has 1 aliphatic carbocycles. The van der Waals surface area contributed by atoms with Gasteiger partial charge >= 0.3 is 5.97 Å². The Morgan fingerprint density at radius 1 is 1.03 bits per heavy atom. The van der Waals surface area contributed by atoms with Crippen LogP contribution >= 0.6 is 0 Å². The summed E-state index contributed by atoms with van der Waals surface area (Å²) >= 11 is 0. The van der Waals surface area contributed by atoms with Crippen molar-refractivity contribution in [2.45, 2.75) is 77.3 Å². The van der Waals surface area contributed by atoms with E-state index in [1.165, 1.54) is 0 Å². The number of nitrogens with zero attached hydrogens (tertiary/aromatic N) is 2. The van der Waals surface area contributed by atoms with Crippen molar-refractivity contribution >= 4 is 22.8 Å². The minimum Gasteiger partial charge on any atom is -0.452 e. The van der Waals surface area contributed by atoms with Gasteiger partial charge < -0.3 is 9.64 Å². The van der Waals surface area contributed by atoms with Gasteiger partial charge in [-0.25, -0.2) is 4.79 Å². The normalized spacial score (nSPS) is 22.1. The van der Waals surface area contributed by atoms with Crippen LogP contribution in [0.2, 0.25) is 0 Å². The Morgan fingerprint density at radius 3 is 2.55 bits per heavy atom. The van der Waals surface area contributed by atoms with E-state index in [9.17, 15) is 9.59 Å². The van der Waals surface area contributed by atoms with Gasteiger partial charge in [0.2, 0.25) is 0 Å². The number of aryl methyl sites for hydroxylation is 1. The van der Waals surface area contributed by atoms with Gasteiger partial charge in [-0.1, -0.05) is 24.6 Å². The highest BCUT2D eigenvalue weighted by atomic mass is 16.5. The number of hydrogen-bond donors (Lipinski definition) is 0. The second-order valence-corrected chi connectivity index (χ2v) is 8.50. The summed E-state index contributed by atoms with van der Waals surface area (Å²) in [6, 6.07) is 8.13. The van der Waals surface area contributed by atoms with E-state index in [1.54, 1.807) is 0 Å². The molecule has 0 unspecified atom stereocenters. The van der Waals surface area contributed by atoms with Crippen LogP contribution in [0.3, 0.4) is 0 Å². The Bertz CT molecular complexity index is 914. The predicted molar refractivity (Wildman–Crippen MR) is 113 cm³/mol. The van der Waals surface area contributed by atoms with Gasteiger partial charge in [-0.15, -0.1) is 0 Å². The molecule has 0 saturated carbocycles. The number of piperidine rings is 1. The van der Waals surface area contributed by atoms with Crippen LogP contribution < -0.4 is 0 Å². The minimum atomic E-state index is -0.396. The highest BCUT2D eigenvalue weighted by molar-refractivity contribution is 6.05. The van der Waals surface area contributed by atoms with Gasteiger partial charge in [0.25, 0.3) is 5.91 Å². The molecular weight excluding hydrogens is 364 g/mol. The molecule has 1 amide bonds. The average Bonchev–Trinajstić information content (AvgIpc) is 2.95. The predicted octanol–water partition coefficient (Wildman–Crippen LogP) is 4.45. The van der Waals surface area contributed by atoms with Crippen LogP contribution in [0.25, 0.3) is 10.9 Å². The summed E-state index contributed by atoms with van der Waals surface area (Å²) in [4.78, 5) is 32.7. The smallest absolute Gasteiger partial charge is 0.339 e. The second kappa shape index (κ2) is 8.52. The number of esters is 1. The molecule has 5 nitrogen and oxygen atoms in total. The molecule has 154 valence electrons. The summed E-state index contributed by atoms with van der Waals surface area (Å²) in [6.07, 6.45) is 8.17. The zero-order chi connectivity index (χ0) is 20.4. The van der Waals surface area contributed by atoms with Crippen molar-refractivity contribution in [2.75, 3.05) is 6.61 Å². The molecule has 2 atom stereocenters. The summed E-state index contributed by atoms with van der Waals surface area (Å²) in [5.41, 5.74) is 3.46. The van der Waals surface area contributed by atoms with Crippen LogP contribution in [-0.2, 0) is 22.4 Å². The van der Waals surface area contributed by atoms with E-state index in [4.69, 9.17) is 9.72 Å². The second-order valence-electron chi connectivity index (χ2n) is 8.50. The summed E-state index contributed by atoms with van der Waals surface area (Å²) in [7, 11) is 0. The van der Waals surface area contributed by atoms with Crippen molar-refractivity contribution in [1.29, 1.82) is 0 Å². The number of likely N-dealkylation sites (tertiary alicyclic amines) is 1. The fourth-order valence-corrected chi connectivity index (χ4v) is 4.97. The molecule has 4 rings (SSSR count). The number of carbonyl (C=O) groups excluding carboxylic acids is 2. The third kappa shape index (κ3) is 4.00. The monoisotopic (exact) mass is 394 g/mol. The zero-order valence-corrected chi connectivity index (χ0v) is 17.4. The number of amides is 1. The molecule has 2 aromatic rings. The van der Waals surface area contributed by atoms with Gasteiger partial charge in [0.1, 0.15) is 0 Å². The number of ether oxygens (including phenoxy) is 1. The van der Waals surface area contributed by atoms with Crippen molar-refractivity contribution in [3.8, 4) is 0 Å². The SMILES string of the molecule is C[C@@H]1CCC[C@H](C)N1C(=O)COC(=O)c1c2c(nc3ccccc13)CCCCC2. The first-order valence-corrected chi connectivity index (χ1v) is 10.9. The fraction of sp³-hybridized carbons (Fsp3) is 0.542. The van der Waals surface area contributed by atoms with Crippen LogP contribution in [0.15, 0.2) is 24.3 Å². The Balaban J connectivity index is 1.60. The van der Waals surface area contributed by atoms with Gasteiger partial charge in [0, 0.05) is 23.2 Å². The molecule has 0 bridgehead atoms. The summed E-state index contributed by atoms with van der Waals surface area (Å²) in [6.45, 7) is 3.95. The number of hydrogen-bond acceptors (Lipinski definition) is 4. The first kappa shape index (κ1) is 19.9. The number of benzene rings is 1. The van der Waals surface area contributed by atoms with Crippen molar-refractivity contribution in [3.05, 3.63) is 41.1 Å². The topological polar surface area (TPSA) is 59.5 Å². The molecule has 2 heterocycles. The van der Waals surface area contributed by atoms with Crippen LogP contribution in [0.5, 0.6) is 0 Å². The van der Waals surface area contributed by atoms with Crippen LogP contribution in [0.1, 0.15) is 74.0 Å². The number of carbonyl (C=O) groups is 2. The molecule has 29 heavy (non-hydrogen) atoms. The third-order valence-electron chi connectivity index (χ3n) is 6.43. The number of aromatic nitrogens is 1. The molecule has 0 N–H and O–H groups in total. The van der Waals surface area contributed by atoms with Gasteiger partial charge in [-0.2, -0.15) is 0 Å². The third-order valence-corrected chi connectivity index (χ3v) is 6.43. The van der Waals surface area contributed by atoms with E-state index >= 15 is 0 Å². The summed E-state index contributed by atoms with van der Waals surface area (Å²) < 4.78 is 5.60. The molecule has 5 heteroatoms. The highest BCUT2D eigenvalue weighted by Gasteiger charge is 2.30. The zero-order valence-electron chi connectivity index (χ0n) is 17.4. The summed E-state index contributed by atoms with van der Waals surface area (Å²) in [5.74, 6) is -0.491. The molecule has 1 aromatic carbocycles. The molecule has 2 aliphatic rings. The van der Waals surface area contributed by atoms with E-state index in [1.807, 2.05) is 29.2 Å². The lowest BCUT2D eigenvalue weighted by Crippen LogP contribution is -2.49. The molecule has 0 radical (unpaired) electrons. The average molecular weight is 395 g/mol. The maximum atomic E-state index is 13.2. The maximum absolute atomic E-state index is 13.2. The van der Waals surface area contributed by atoms with Gasteiger partial charge in [-0.05, 0) is 70.4 Å². The lowest BCUT2D eigenvalue weighted by molar-refractivity contribution is -0.140. The quantitative estimate of drug-likeness (QED) is 0.570. The number of rotatable bonds is 3. The van der Waals surface area contributed by atoms with Crippen molar-refractivity contribution in [3.63, 3.8) is 0 Å². The molecular formula is C24H30N2O3. The Labute approximate surface area is 172 Å². The highest BCUT2D eigenvalue weighted by Crippen LogP contribution is 2.29. The largest absolute Gasteiger partial charge is 0.452 e. The lowest BCUT2D eigenvalue weighted by Gasteiger charge is -2.38. The van der Waals surface area contributed by atoms with E-state index in [0.717, 1.165) is 73.5 Å². The first-order chi connectivity index (χ1) is 14.1. The van der Waals surface area contributed by atoms with Gasteiger partial charge in [0.15, 0.2) is 6.61 Å². The van der Waals surface area contributed by atoms with Crippen molar-refractivity contribution < 1.29 is 14.3 Å². The summed E-state index contributed by atoms with van der Waals surface area (Å²) in [5, 5.41) is 0.824. The molecule has 0 spiro atoms. The van der Waals surface area contributed by atoms with Gasteiger partial charge in [-0.3, -0.25) is 9.78 Å². The maximum Gasteiger partial charge on any atom is 0.339 e. The lowest BCUT2D eigenvalue weighted by atomic mass is 9.97. The fourth-order valence-electron chi connectivity index (χ4n) is 4.97. The van der Waals surface area contributed by atoms with Crippen molar-refractivity contribution in [1.82, 2.24) is 9.88 Å². The van der Waals surface area contributed by atoms with E-state index in [0.29, 0.717) is 5.56 Å². The van der Waals surface area contributed by atoms with Crippen LogP contribution in [0.4, 0.5) is 0 Å². The van der Waals surface area contributed by atoms with E-state index < -0.39 is 5.97 Å². The number of pyridine rings is 1. The minimum absolute atomic E-state index is 0.0949. The number of para-hydroxylation sites is 1. The Hall–Kier alpha value is -2.43. The van der Waals surface area contributed by atoms with E-state index in [2.05, 4.69) is 13.8 Å².